The molecule has 0 radical (unpaired) electrons. The predicted octanol–water partition coefficient (Wildman–Crippen LogP) is 1.63. The number of nitrogens with one attached hydrogen (secondary N) is 1. The van der Waals surface area contributed by atoms with Crippen LogP contribution >= 0.6 is 15.9 Å². The summed E-state index contributed by atoms with van der Waals surface area (Å²) < 4.78 is 0.892. The van der Waals surface area contributed by atoms with Crippen molar-refractivity contribution in [3.63, 3.8) is 0 Å². The van der Waals surface area contributed by atoms with Gasteiger partial charge in [0.25, 0.3) is 0 Å². The molecule has 0 atom stereocenters. The lowest BCUT2D eigenvalue weighted by atomic mass is 10.3. The molecule has 1 N–H and O–H groups in total. The Hall–Kier alpha value is -1.23. The van der Waals surface area contributed by atoms with E-state index in [1.165, 1.54) is 0 Å². The Kier molecular flexibility index (Phi) is 1.87. The van der Waals surface area contributed by atoms with Gasteiger partial charge in [-0.3, -0.25) is 15.1 Å². The molecule has 2 aromatic heterocycles. The molecule has 0 bridgehead atoms. The van der Waals surface area contributed by atoms with Crippen LogP contribution in [0.2, 0.25) is 0 Å². The van der Waals surface area contributed by atoms with E-state index in [9.17, 15) is 0 Å². The van der Waals surface area contributed by atoms with Crippen LogP contribution in [-0.2, 0) is 0 Å². The second-order valence-corrected chi connectivity index (χ2v) is 3.04. The zero-order valence-corrected chi connectivity index (χ0v) is 7.62. The second kappa shape index (κ2) is 3.02. The highest BCUT2D eigenvalue weighted by molar-refractivity contribution is 9.10. The van der Waals surface area contributed by atoms with E-state index in [0.717, 1.165) is 15.9 Å². The van der Waals surface area contributed by atoms with Crippen molar-refractivity contribution in [3.05, 3.63) is 29.3 Å². The van der Waals surface area contributed by atoms with Crippen molar-refractivity contribution in [2.45, 2.75) is 0 Å². The highest BCUT2D eigenvalue weighted by Gasteiger charge is 2.04. The van der Waals surface area contributed by atoms with Gasteiger partial charge in [-0.1, -0.05) is 0 Å². The zero-order chi connectivity index (χ0) is 8.39. The highest BCUT2D eigenvalue weighted by atomic mass is 79.9. The SMILES string of the molecule is Brc1cn[nH]c1-c1cnccn1. The van der Waals surface area contributed by atoms with Gasteiger partial charge >= 0.3 is 0 Å². The highest BCUT2D eigenvalue weighted by Crippen LogP contribution is 2.22. The zero-order valence-electron chi connectivity index (χ0n) is 6.03. The topological polar surface area (TPSA) is 54.5 Å². The Morgan fingerprint density at radius 3 is 2.75 bits per heavy atom. The van der Waals surface area contributed by atoms with Crippen LogP contribution in [0, 0.1) is 0 Å². The van der Waals surface area contributed by atoms with Crippen molar-refractivity contribution >= 4 is 15.9 Å². The second-order valence-electron chi connectivity index (χ2n) is 2.18. The third-order valence-corrected chi connectivity index (χ3v) is 2.01. The summed E-state index contributed by atoms with van der Waals surface area (Å²) in [7, 11) is 0. The number of rotatable bonds is 1. The summed E-state index contributed by atoms with van der Waals surface area (Å²) in [6.07, 6.45) is 6.64. The lowest BCUT2D eigenvalue weighted by Gasteiger charge is -1.94. The average Bonchev–Trinajstić information content (AvgIpc) is 2.53. The largest absolute Gasteiger partial charge is 0.275 e. The predicted molar refractivity (Wildman–Crippen MR) is 47.3 cm³/mol. The van der Waals surface area contributed by atoms with Crippen molar-refractivity contribution < 1.29 is 0 Å². The Labute approximate surface area is 77.2 Å². The van der Waals surface area contributed by atoms with Gasteiger partial charge in [0.05, 0.1) is 22.6 Å². The Balaban J connectivity index is 2.51. The maximum atomic E-state index is 4.12. The molecular weight excluding hydrogens is 220 g/mol. The standard InChI is InChI=1S/C7H5BrN4/c8-5-3-11-12-7(5)6-4-9-1-2-10-6/h1-4H,(H,11,12). The van der Waals surface area contributed by atoms with Crippen LogP contribution in [0.3, 0.4) is 0 Å². The molecule has 2 aromatic rings. The van der Waals surface area contributed by atoms with E-state index in [1.807, 2.05) is 0 Å². The first-order valence-electron chi connectivity index (χ1n) is 3.33. The van der Waals surface area contributed by atoms with Gasteiger partial charge < -0.3 is 0 Å². The van der Waals surface area contributed by atoms with Gasteiger partial charge in [-0.25, -0.2) is 0 Å². The first kappa shape index (κ1) is 7.42. The number of hydrogen-bond donors (Lipinski definition) is 1. The molecule has 2 rings (SSSR count). The monoisotopic (exact) mass is 224 g/mol. The fraction of sp³-hybridized carbons (Fsp3) is 0. The molecule has 60 valence electrons. The van der Waals surface area contributed by atoms with Crippen LogP contribution < -0.4 is 0 Å². The summed E-state index contributed by atoms with van der Waals surface area (Å²) in [5, 5.41) is 6.68. The minimum Gasteiger partial charge on any atom is -0.275 e. The lowest BCUT2D eigenvalue weighted by Crippen LogP contribution is -1.84. The Morgan fingerprint density at radius 2 is 2.17 bits per heavy atom. The van der Waals surface area contributed by atoms with Gasteiger partial charge in [-0.2, -0.15) is 5.10 Å². The molecule has 12 heavy (non-hydrogen) atoms. The summed E-state index contributed by atoms with van der Waals surface area (Å²) in [6.45, 7) is 0. The van der Waals surface area contributed by atoms with Crippen molar-refractivity contribution in [2.24, 2.45) is 0 Å². The van der Waals surface area contributed by atoms with E-state index in [-0.39, 0.29) is 0 Å². The quantitative estimate of drug-likeness (QED) is 0.802. The number of halogens is 1. The number of hydrogen-bond acceptors (Lipinski definition) is 3. The summed E-state index contributed by atoms with van der Waals surface area (Å²) in [6, 6.07) is 0. The first-order chi connectivity index (χ1) is 5.88. The van der Waals surface area contributed by atoms with E-state index >= 15 is 0 Å². The Bertz CT molecular complexity index is 370. The van der Waals surface area contributed by atoms with Gasteiger partial charge in [0, 0.05) is 12.4 Å². The number of aromatic amines is 1. The van der Waals surface area contributed by atoms with Crippen molar-refractivity contribution in [1.82, 2.24) is 20.2 Å². The third-order valence-electron chi connectivity index (χ3n) is 1.41. The van der Waals surface area contributed by atoms with E-state index < -0.39 is 0 Å². The molecular formula is C7H5BrN4. The maximum Gasteiger partial charge on any atom is 0.107 e. The molecule has 0 spiro atoms. The number of H-pyrrole nitrogens is 1. The molecule has 0 aliphatic heterocycles. The van der Waals surface area contributed by atoms with E-state index in [0.29, 0.717) is 0 Å². The van der Waals surface area contributed by atoms with Gasteiger partial charge in [-0.15, -0.1) is 0 Å². The van der Waals surface area contributed by atoms with Crippen molar-refractivity contribution in [3.8, 4) is 11.4 Å². The fourth-order valence-electron chi connectivity index (χ4n) is 0.879. The summed E-state index contributed by atoms with van der Waals surface area (Å²) >= 11 is 3.34. The molecule has 0 fully saturated rings. The molecule has 5 heteroatoms. The maximum absolute atomic E-state index is 4.12. The van der Waals surface area contributed by atoms with E-state index in [4.69, 9.17) is 0 Å². The molecule has 4 nitrogen and oxygen atoms in total. The molecule has 2 heterocycles. The van der Waals surface area contributed by atoms with Gasteiger partial charge in [-0.05, 0) is 15.9 Å². The molecule has 0 unspecified atom stereocenters. The normalized spacial score (nSPS) is 10.1. The van der Waals surface area contributed by atoms with Crippen molar-refractivity contribution in [2.75, 3.05) is 0 Å². The van der Waals surface area contributed by atoms with E-state index in [2.05, 4.69) is 36.1 Å². The van der Waals surface area contributed by atoms with Crippen LogP contribution in [0.15, 0.2) is 29.3 Å². The van der Waals surface area contributed by atoms with E-state index in [1.54, 1.807) is 24.8 Å². The minimum atomic E-state index is 0.780. The molecule has 0 aliphatic rings. The van der Waals surface area contributed by atoms with Crippen LogP contribution in [0.1, 0.15) is 0 Å². The lowest BCUT2D eigenvalue weighted by molar-refractivity contribution is 1.08. The van der Waals surface area contributed by atoms with Crippen LogP contribution in [0.5, 0.6) is 0 Å². The average molecular weight is 225 g/mol. The number of nitrogens with zero attached hydrogens (tertiary/aromatic N) is 3. The van der Waals surface area contributed by atoms with Gasteiger partial charge in [0.1, 0.15) is 5.69 Å². The smallest absolute Gasteiger partial charge is 0.107 e. The minimum absolute atomic E-state index is 0.780. The first-order valence-corrected chi connectivity index (χ1v) is 4.12. The Morgan fingerprint density at radius 1 is 1.25 bits per heavy atom. The number of aromatic nitrogens is 4. The summed E-state index contributed by atoms with van der Waals surface area (Å²) in [5.74, 6) is 0. The molecule has 0 aliphatic carbocycles. The molecule has 0 amide bonds. The van der Waals surface area contributed by atoms with Crippen LogP contribution in [0.25, 0.3) is 11.4 Å². The summed E-state index contributed by atoms with van der Waals surface area (Å²) in [4.78, 5) is 8.07. The molecule has 0 saturated carbocycles. The summed E-state index contributed by atoms with van der Waals surface area (Å²) in [5.41, 5.74) is 1.63. The van der Waals surface area contributed by atoms with Gasteiger partial charge in [0.15, 0.2) is 0 Å². The molecule has 0 aromatic carbocycles. The molecule has 0 saturated heterocycles. The van der Waals surface area contributed by atoms with Gasteiger partial charge in [0.2, 0.25) is 0 Å². The van der Waals surface area contributed by atoms with Crippen molar-refractivity contribution in [1.29, 1.82) is 0 Å². The van der Waals surface area contributed by atoms with Crippen LogP contribution in [0.4, 0.5) is 0 Å². The fourth-order valence-corrected chi connectivity index (χ4v) is 1.27. The third kappa shape index (κ3) is 1.23. The van der Waals surface area contributed by atoms with Crippen LogP contribution in [-0.4, -0.2) is 20.2 Å².